The maximum absolute atomic E-state index is 6.30. The maximum atomic E-state index is 6.30. The minimum atomic E-state index is 0.272. The van der Waals surface area contributed by atoms with Gasteiger partial charge in [-0.2, -0.15) is 0 Å². The van der Waals surface area contributed by atoms with Crippen molar-refractivity contribution in [1.29, 1.82) is 0 Å². The summed E-state index contributed by atoms with van der Waals surface area (Å²) in [7, 11) is 0. The van der Waals surface area contributed by atoms with Gasteiger partial charge in [0, 0.05) is 24.0 Å². The molecule has 0 radical (unpaired) electrons. The highest BCUT2D eigenvalue weighted by Crippen LogP contribution is 2.39. The van der Waals surface area contributed by atoms with E-state index in [2.05, 4.69) is 45.1 Å². The van der Waals surface area contributed by atoms with E-state index in [1.165, 1.54) is 11.1 Å². The van der Waals surface area contributed by atoms with Crippen molar-refractivity contribution in [3.8, 4) is 5.75 Å². The summed E-state index contributed by atoms with van der Waals surface area (Å²) in [6, 6.07) is 4.67. The summed E-state index contributed by atoms with van der Waals surface area (Å²) in [5.74, 6) is 1.09. The first-order valence-corrected chi connectivity index (χ1v) is 8.55. The lowest BCUT2D eigenvalue weighted by Crippen LogP contribution is -2.38. The third kappa shape index (κ3) is 3.92. The molecule has 2 nitrogen and oxygen atoms in total. The monoisotopic (exact) mass is 309 g/mol. The Bertz CT molecular complexity index is 480. The van der Waals surface area contributed by atoms with Crippen molar-refractivity contribution in [2.45, 2.75) is 59.4 Å². The number of rotatable bonds is 7. The van der Waals surface area contributed by atoms with Crippen LogP contribution in [0.2, 0.25) is 5.02 Å². The van der Waals surface area contributed by atoms with E-state index in [0.717, 1.165) is 49.6 Å². The van der Waals surface area contributed by atoms with Crippen molar-refractivity contribution in [3.05, 3.63) is 28.3 Å². The molecule has 3 heteroatoms. The van der Waals surface area contributed by atoms with Crippen LogP contribution in [-0.4, -0.2) is 19.2 Å². The molecule has 0 amide bonds. The third-order valence-electron chi connectivity index (χ3n) is 4.78. The van der Waals surface area contributed by atoms with Gasteiger partial charge in [0.05, 0.1) is 6.61 Å². The van der Waals surface area contributed by atoms with Gasteiger partial charge < -0.3 is 10.1 Å². The largest absolute Gasteiger partial charge is 0.493 e. The van der Waals surface area contributed by atoms with Crippen LogP contribution in [-0.2, 0) is 12.8 Å². The molecule has 1 aromatic carbocycles. The Kier molecular flexibility index (Phi) is 5.56. The van der Waals surface area contributed by atoms with Crippen LogP contribution in [0.4, 0.5) is 0 Å². The molecule has 1 aromatic rings. The molecule has 1 aliphatic heterocycles. The zero-order chi connectivity index (χ0) is 15.5. The van der Waals surface area contributed by atoms with Crippen LogP contribution in [0, 0.1) is 5.41 Å². The van der Waals surface area contributed by atoms with Crippen LogP contribution in [0.5, 0.6) is 5.75 Å². The quantitative estimate of drug-likeness (QED) is 0.793. The first kappa shape index (κ1) is 16.6. The van der Waals surface area contributed by atoms with Crippen molar-refractivity contribution >= 4 is 11.6 Å². The summed E-state index contributed by atoms with van der Waals surface area (Å²) in [5.41, 5.74) is 2.83. The third-order valence-corrected chi connectivity index (χ3v) is 4.99. The first-order valence-electron chi connectivity index (χ1n) is 8.17. The summed E-state index contributed by atoms with van der Waals surface area (Å²) >= 11 is 6.30. The van der Waals surface area contributed by atoms with Crippen molar-refractivity contribution in [1.82, 2.24) is 5.32 Å². The molecule has 0 saturated carbocycles. The van der Waals surface area contributed by atoms with E-state index in [9.17, 15) is 0 Å². The molecule has 21 heavy (non-hydrogen) atoms. The Morgan fingerprint density at radius 1 is 1.29 bits per heavy atom. The smallest absolute Gasteiger partial charge is 0.125 e. The van der Waals surface area contributed by atoms with E-state index in [0.29, 0.717) is 6.04 Å². The molecule has 0 spiro atoms. The SMILES string of the molecule is CCC(CC)(CNC(C)C)Cc1cc(Cl)cc2c1OCC2. The van der Waals surface area contributed by atoms with Gasteiger partial charge in [0.1, 0.15) is 5.75 Å². The molecule has 0 bridgehead atoms. The van der Waals surface area contributed by atoms with Crippen molar-refractivity contribution in [2.75, 3.05) is 13.2 Å². The summed E-state index contributed by atoms with van der Waals surface area (Å²) in [5, 5.41) is 4.46. The highest BCUT2D eigenvalue weighted by atomic mass is 35.5. The second-order valence-corrected chi connectivity index (χ2v) is 7.01. The van der Waals surface area contributed by atoms with Gasteiger partial charge in [0.15, 0.2) is 0 Å². The van der Waals surface area contributed by atoms with E-state index in [-0.39, 0.29) is 5.41 Å². The molecule has 0 fully saturated rings. The maximum Gasteiger partial charge on any atom is 0.125 e. The lowest BCUT2D eigenvalue weighted by molar-refractivity contribution is 0.236. The molecule has 0 aromatic heterocycles. The van der Waals surface area contributed by atoms with Crippen molar-refractivity contribution in [3.63, 3.8) is 0 Å². The highest BCUT2D eigenvalue weighted by Gasteiger charge is 2.29. The van der Waals surface area contributed by atoms with Gasteiger partial charge >= 0.3 is 0 Å². The summed E-state index contributed by atoms with van der Waals surface area (Å²) in [6.07, 6.45) is 4.33. The number of benzene rings is 1. The Hall–Kier alpha value is -0.730. The number of fused-ring (bicyclic) bond motifs is 1. The fourth-order valence-corrected chi connectivity index (χ4v) is 3.38. The molecule has 1 N–H and O–H groups in total. The number of hydrogen-bond acceptors (Lipinski definition) is 2. The molecule has 1 aliphatic rings. The number of ether oxygens (including phenoxy) is 1. The lowest BCUT2D eigenvalue weighted by Gasteiger charge is -2.33. The normalized spacial score (nSPS) is 14.4. The molecule has 2 rings (SSSR count). The van der Waals surface area contributed by atoms with Gasteiger partial charge in [-0.15, -0.1) is 0 Å². The Morgan fingerprint density at radius 3 is 2.62 bits per heavy atom. The van der Waals surface area contributed by atoms with Crippen LogP contribution >= 0.6 is 11.6 Å². The van der Waals surface area contributed by atoms with Crippen LogP contribution in [0.25, 0.3) is 0 Å². The Morgan fingerprint density at radius 2 is 2.00 bits per heavy atom. The molecule has 0 unspecified atom stereocenters. The fraction of sp³-hybridized carbons (Fsp3) is 0.667. The minimum absolute atomic E-state index is 0.272. The van der Waals surface area contributed by atoms with E-state index in [4.69, 9.17) is 16.3 Å². The second-order valence-electron chi connectivity index (χ2n) is 6.57. The van der Waals surface area contributed by atoms with Gasteiger partial charge in [-0.1, -0.05) is 39.3 Å². The topological polar surface area (TPSA) is 21.3 Å². The number of halogens is 1. The van der Waals surface area contributed by atoms with E-state index >= 15 is 0 Å². The van der Waals surface area contributed by atoms with Crippen LogP contribution in [0.3, 0.4) is 0 Å². The van der Waals surface area contributed by atoms with E-state index < -0.39 is 0 Å². The molecule has 118 valence electrons. The molecule has 0 saturated heterocycles. The number of hydrogen-bond donors (Lipinski definition) is 1. The van der Waals surface area contributed by atoms with Crippen LogP contribution in [0.15, 0.2) is 12.1 Å². The molecule has 1 heterocycles. The van der Waals surface area contributed by atoms with Gasteiger partial charge in [-0.25, -0.2) is 0 Å². The molecular weight excluding hydrogens is 282 g/mol. The molecule has 0 atom stereocenters. The first-order chi connectivity index (χ1) is 9.99. The predicted octanol–water partition coefficient (Wildman–Crippen LogP) is 4.62. The van der Waals surface area contributed by atoms with Gasteiger partial charge in [-0.05, 0) is 47.9 Å². The lowest BCUT2D eigenvalue weighted by atomic mass is 9.76. The minimum Gasteiger partial charge on any atom is -0.493 e. The highest BCUT2D eigenvalue weighted by molar-refractivity contribution is 6.30. The summed E-state index contributed by atoms with van der Waals surface area (Å²) in [6.45, 7) is 10.8. The van der Waals surface area contributed by atoms with E-state index in [1.807, 2.05) is 0 Å². The van der Waals surface area contributed by atoms with Crippen LogP contribution in [0.1, 0.15) is 51.7 Å². The van der Waals surface area contributed by atoms with Crippen LogP contribution < -0.4 is 10.1 Å². The van der Waals surface area contributed by atoms with Gasteiger partial charge in [-0.3, -0.25) is 0 Å². The Labute approximate surface area is 134 Å². The molecule has 0 aliphatic carbocycles. The number of nitrogens with one attached hydrogen (secondary N) is 1. The van der Waals surface area contributed by atoms with E-state index in [1.54, 1.807) is 0 Å². The zero-order valence-electron chi connectivity index (χ0n) is 13.8. The average molecular weight is 310 g/mol. The Balaban J connectivity index is 2.24. The second kappa shape index (κ2) is 7.02. The van der Waals surface area contributed by atoms with Crippen molar-refractivity contribution < 1.29 is 4.74 Å². The zero-order valence-corrected chi connectivity index (χ0v) is 14.5. The van der Waals surface area contributed by atoms with Gasteiger partial charge in [0.25, 0.3) is 0 Å². The van der Waals surface area contributed by atoms with Gasteiger partial charge in [0.2, 0.25) is 0 Å². The predicted molar refractivity (Wildman–Crippen MR) is 90.5 cm³/mol. The fourth-order valence-electron chi connectivity index (χ4n) is 3.11. The van der Waals surface area contributed by atoms with Crippen molar-refractivity contribution in [2.24, 2.45) is 5.41 Å². The standard InChI is InChI=1S/C18H28ClNO/c1-5-18(6-2,12-20-13(3)4)11-15-10-16(19)9-14-7-8-21-17(14)15/h9-10,13,20H,5-8,11-12H2,1-4H3. The summed E-state index contributed by atoms with van der Waals surface area (Å²) < 4.78 is 5.87. The molecular formula is C18H28ClNO. The average Bonchev–Trinajstić information content (AvgIpc) is 2.91. The summed E-state index contributed by atoms with van der Waals surface area (Å²) in [4.78, 5) is 0.